The van der Waals surface area contributed by atoms with E-state index in [4.69, 9.17) is 5.73 Å². The van der Waals surface area contributed by atoms with Crippen LogP contribution in [0.3, 0.4) is 0 Å². The molecular weight excluding hydrogens is 250 g/mol. The van der Waals surface area contributed by atoms with Gasteiger partial charge >= 0.3 is 0 Å². The van der Waals surface area contributed by atoms with E-state index in [-0.39, 0.29) is 11.3 Å². The number of hydrogen-bond donors (Lipinski definition) is 2. The fraction of sp³-hybridized carbons (Fsp3) is 0.938. The van der Waals surface area contributed by atoms with E-state index in [0.717, 1.165) is 51.7 Å². The minimum atomic E-state index is -0.626. The molecule has 2 fully saturated rings. The largest absolute Gasteiger partial charge is 0.354 e. The average molecular weight is 281 g/mol. The van der Waals surface area contributed by atoms with Crippen molar-refractivity contribution in [3.63, 3.8) is 0 Å². The summed E-state index contributed by atoms with van der Waals surface area (Å²) in [4.78, 5) is 14.8. The highest BCUT2D eigenvalue weighted by Gasteiger charge is 2.39. The van der Waals surface area contributed by atoms with E-state index < -0.39 is 5.54 Å². The van der Waals surface area contributed by atoms with Crippen LogP contribution in [0.4, 0.5) is 0 Å². The molecule has 2 unspecified atom stereocenters. The molecule has 0 bridgehead atoms. The molecule has 1 aliphatic heterocycles. The van der Waals surface area contributed by atoms with Crippen molar-refractivity contribution in [2.24, 2.45) is 17.1 Å². The molecule has 2 atom stereocenters. The van der Waals surface area contributed by atoms with Crippen LogP contribution in [0.1, 0.15) is 52.4 Å². The lowest BCUT2D eigenvalue weighted by molar-refractivity contribution is -0.128. The molecule has 1 heterocycles. The monoisotopic (exact) mass is 281 g/mol. The fourth-order valence-corrected chi connectivity index (χ4v) is 3.60. The third kappa shape index (κ3) is 3.73. The number of amides is 1. The summed E-state index contributed by atoms with van der Waals surface area (Å²) in [5.41, 5.74) is 5.96. The highest BCUT2D eigenvalue weighted by atomic mass is 16.2. The Bertz CT molecular complexity index is 350. The highest BCUT2D eigenvalue weighted by molar-refractivity contribution is 5.86. The van der Waals surface area contributed by atoms with Crippen molar-refractivity contribution in [1.29, 1.82) is 0 Å². The number of likely N-dealkylation sites (tertiary alicyclic amines) is 1. The zero-order valence-corrected chi connectivity index (χ0v) is 13.4. The third-order valence-corrected chi connectivity index (χ3v) is 5.35. The molecule has 0 aromatic rings. The van der Waals surface area contributed by atoms with E-state index in [0.29, 0.717) is 5.92 Å². The van der Waals surface area contributed by atoms with E-state index in [1.54, 1.807) is 0 Å². The van der Waals surface area contributed by atoms with Gasteiger partial charge in [-0.05, 0) is 57.2 Å². The predicted octanol–water partition coefficient (Wildman–Crippen LogP) is 1.74. The molecule has 4 nitrogen and oxygen atoms in total. The number of carbonyl (C=O) groups is 1. The van der Waals surface area contributed by atoms with Gasteiger partial charge in [0.05, 0.1) is 5.54 Å². The van der Waals surface area contributed by atoms with Crippen LogP contribution >= 0.6 is 0 Å². The second-order valence-corrected chi connectivity index (χ2v) is 7.65. The molecule has 2 aliphatic rings. The molecule has 0 spiro atoms. The first-order chi connectivity index (χ1) is 9.33. The molecule has 116 valence electrons. The first-order valence-corrected chi connectivity index (χ1v) is 8.09. The van der Waals surface area contributed by atoms with Gasteiger partial charge < -0.3 is 16.0 Å². The zero-order valence-electron chi connectivity index (χ0n) is 13.4. The topological polar surface area (TPSA) is 58.4 Å². The molecule has 1 saturated heterocycles. The van der Waals surface area contributed by atoms with Gasteiger partial charge in [-0.25, -0.2) is 0 Å². The summed E-state index contributed by atoms with van der Waals surface area (Å²) in [5, 5.41) is 3.16. The van der Waals surface area contributed by atoms with E-state index >= 15 is 0 Å². The summed E-state index contributed by atoms with van der Waals surface area (Å²) in [5.74, 6) is 0.641. The van der Waals surface area contributed by atoms with Crippen molar-refractivity contribution >= 4 is 5.91 Å². The fourth-order valence-electron chi connectivity index (χ4n) is 3.60. The molecule has 0 aromatic carbocycles. The van der Waals surface area contributed by atoms with Crippen LogP contribution in [-0.2, 0) is 4.79 Å². The van der Waals surface area contributed by atoms with Crippen molar-refractivity contribution in [2.45, 2.75) is 57.9 Å². The maximum atomic E-state index is 12.5. The van der Waals surface area contributed by atoms with Crippen molar-refractivity contribution in [1.82, 2.24) is 10.2 Å². The number of rotatable bonds is 3. The lowest BCUT2D eigenvalue weighted by Gasteiger charge is -2.40. The van der Waals surface area contributed by atoms with Gasteiger partial charge in [-0.1, -0.05) is 26.7 Å². The van der Waals surface area contributed by atoms with Gasteiger partial charge in [0.25, 0.3) is 0 Å². The minimum Gasteiger partial charge on any atom is -0.354 e. The Balaban J connectivity index is 1.85. The predicted molar refractivity (Wildman–Crippen MR) is 82.4 cm³/mol. The van der Waals surface area contributed by atoms with Gasteiger partial charge in [0.15, 0.2) is 0 Å². The summed E-state index contributed by atoms with van der Waals surface area (Å²) in [6.07, 6.45) is 6.25. The van der Waals surface area contributed by atoms with Gasteiger partial charge in [0, 0.05) is 6.54 Å². The molecule has 0 aromatic heterocycles. The van der Waals surface area contributed by atoms with Crippen LogP contribution in [0.2, 0.25) is 0 Å². The maximum absolute atomic E-state index is 12.5. The summed E-state index contributed by atoms with van der Waals surface area (Å²) in [6, 6.07) is 0. The molecule has 1 aliphatic carbocycles. The Hall–Kier alpha value is -0.610. The number of nitrogens with zero attached hydrogens (tertiary/aromatic N) is 1. The second-order valence-electron chi connectivity index (χ2n) is 7.65. The zero-order chi connectivity index (χ0) is 14.8. The summed E-state index contributed by atoms with van der Waals surface area (Å²) in [7, 11) is 2.16. The standard InChI is InChI=1S/C16H31N3O/c1-13-5-4-6-16(17,11-13)14(20)18-12-15(2)7-9-19(3)10-8-15/h13H,4-12,17H2,1-3H3,(H,18,20). The number of carbonyl (C=O) groups excluding carboxylic acids is 1. The number of nitrogens with two attached hydrogens (primary N) is 1. The van der Waals surface area contributed by atoms with Crippen LogP contribution in [0.5, 0.6) is 0 Å². The van der Waals surface area contributed by atoms with Crippen molar-refractivity contribution in [2.75, 3.05) is 26.7 Å². The van der Waals surface area contributed by atoms with Gasteiger partial charge in [0.2, 0.25) is 5.91 Å². The van der Waals surface area contributed by atoms with Crippen molar-refractivity contribution in [3.8, 4) is 0 Å². The van der Waals surface area contributed by atoms with Gasteiger partial charge in [-0.3, -0.25) is 4.79 Å². The van der Waals surface area contributed by atoms with Crippen LogP contribution in [0.15, 0.2) is 0 Å². The molecule has 4 heteroatoms. The van der Waals surface area contributed by atoms with Crippen LogP contribution < -0.4 is 11.1 Å². The third-order valence-electron chi connectivity index (χ3n) is 5.35. The Kier molecular flexibility index (Phi) is 4.75. The summed E-state index contributed by atoms with van der Waals surface area (Å²) < 4.78 is 0. The normalized spacial score (nSPS) is 34.7. The lowest BCUT2D eigenvalue weighted by atomic mass is 9.76. The second kappa shape index (κ2) is 6.02. The lowest BCUT2D eigenvalue weighted by Crippen LogP contribution is -2.57. The smallest absolute Gasteiger partial charge is 0.240 e. The average Bonchev–Trinajstić information content (AvgIpc) is 2.40. The number of piperidine rings is 1. The van der Waals surface area contributed by atoms with E-state index in [1.807, 2.05) is 0 Å². The van der Waals surface area contributed by atoms with Crippen LogP contribution in [0, 0.1) is 11.3 Å². The van der Waals surface area contributed by atoms with Crippen molar-refractivity contribution < 1.29 is 4.79 Å². The first kappa shape index (κ1) is 15.8. The van der Waals surface area contributed by atoms with E-state index in [1.165, 1.54) is 6.42 Å². The molecule has 2 rings (SSSR count). The molecule has 1 saturated carbocycles. The van der Waals surface area contributed by atoms with E-state index in [2.05, 4.69) is 31.1 Å². The first-order valence-electron chi connectivity index (χ1n) is 8.09. The van der Waals surface area contributed by atoms with Crippen LogP contribution in [-0.4, -0.2) is 43.0 Å². The highest BCUT2D eigenvalue weighted by Crippen LogP contribution is 2.32. The quantitative estimate of drug-likeness (QED) is 0.828. The summed E-state index contributed by atoms with van der Waals surface area (Å²) in [6.45, 7) is 7.50. The molecule has 0 radical (unpaired) electrons. The number of nitrogens with one attached hydrogen (secondary N) is 1. The molecule has 20 heavy (non-hydrogen) atoms. The van der Waals surface area contributed by atoms with Gasteiger partial charge in [0.1, 0.15) is 0 Å². The van der Waals surface area contributed by atoms with Crippen molar-refractivity contribution in [3.05, 3.63) is 0 Å². The SMILES string of the molecule is CC1CCCC(N)(C(=O)NCC2(C)CCN(C)CC2)C1. The maximum Gasteiger partial charge on any atom is 0.240 e. The Morgan fingerprint density at radius 1 is 1.35 bits per heavy atom. The molecule has 3 N–H and O–H groups in total. The number of hydrogen-bond acceptors (Lipinski definition) is 3. The van der Waals surface area contributed by atoms with E-state index in [9.17, 15) is 4.79 Å². The van der Waals surface area contributed by atoms with Crippen LogP contribution in [0.25, 0.3) is 0 Å². The van der Waals surface area contributed by atoms with Gasteiger partial charge in [-0.2, -0.15) is 0 Å². The Morgan fingerprint density at radius 3 is 2.60 bits per heavy atom. The minimum absolute atomic E-state index is 0.0733. The Labute approximate surface area is 123 Å². The molecule has 1 amide bonds. The Morgan fingerprint density at radius 2 is 2.00 bits per heavy atom. The summed E-state index contributed by atoms with van der Waals surface area (Å²) >= 11 is 0. The van der Waals surface area contributed by atoms with Gasteiger partial charge in [-0.15, -0.1) is 0 Å². The molecular formula is C16H31N3O.